The lowest BCUT2D eigenvalue weighted by Gasteiger charge is -2.39. The molecule has 31 heavy (non-hydrogen) atoms. The van der Waals surface area contributed by atoms with Crippen LogP contribution in [-0.2, 0) is 18.3 Å². The summed E-state index contributed by atoms with van der Waals surface area (Å²) in [5.41, 5.74) is 3.95. The smallest absolute Gasteiger partial charge is 0.267 e. The largest absolute Gasteiger partial charge is 0.520 e. The number of allylic oxidation sites excluding steroid dienone is 1. The van der Waals surface area contributed by atoms with Gasteiger partial charge in [0.2, 0.25) is 8.32 Å². The van der Waals surface area contributed by atoms with Crippen molar-refractivity contribution in [1.29, 1.82) is 0 Å². The summed E-state index contributed by atoms with van der Waals surface area (Å²) >= 11 is 0. The maximum absolute atomic E-state index is 6.81. The normalized spacial score (nSPS) is 27.5. The van der Waals surface area contributed by atoms with Crippen LogP contribution in [0.15, 0.2) is 22.7 Å². The van der Waals surface area contributed by atoms with E-state index in [-0.39, 0.29) is 17.2 Å². The molecule has 0 amide bonds. The van der Waals surface area contributed by atoms with E-state index in [1.807, 2.05) is 7.11 Å². The molecule has 4 nitrogen and oxygen atoms in total. The van der Waals surface area contributed by atoms with Gasteiger partial charge in [-0.15, -0.1) is 0 Å². The first-order valence-corrected chi connectivity index (χ1v) is 18.4. The summed E-state index contributed by atoms with van der Waals surface area (Å²) in [5.74, 6) is 1.40. The molecule has 2 aliphatic carbocycles. The van der Waals surface area contributed by atoms with Crippen LogP contribution in [0.25, 0.3) is 0 Å². The summed E-state index contributed by atoms with van der Waals surface area (Å²) in [5, 5.41) is 0.202. The monoisotopic (exact) mass is 468 g/mol. The third-order valence-corrected chi connectivity index (χ3v) is 12.5. The number of hydrogen-bond acceptors (Lipinski definition) is 4. The Morgan fingerprint density at radius 2 is 1.65 bits per heavy atom. The molecule has 6 heteroatoms. The summed E-state index contributed by atoms with van der Waals surface area (Å²) in [6.45, 7) is 23.3. The van der Waals surface area contributed by atoms with Gasteiger partial charge in [0, 0.05) is 12.7 Å². The molecule has 0 N–H and O–H groups in total. The molecule has 1 fully saturated rings. The SMILES string of the molecule is CO[C@H]1C[C@@H](C)CC/C1=C(\OCC1=C(C)CCC1O[Si](C)(C)C(C)(C)C)O[Si](C)(C)C. The number of methoxy groups -OCH3 is 1. The summed E-state index contributed by atoms with van der Waals surface area (Å²) < 4.78 is 25.7. The lowest BCUT2D eigenvalue weighted by atomic mass is 9.85. The predicted molar refractivity (Wildman–Crippen MR) is 135 cm³/mol. The van der Waals surface area contributed by atoms with Gasteiger partial charge in [0.25, 0.3) is 5.95 Å². The van der Waals surface area contributed by atoms with Crippen molar-refractivity contribution in [3.63, 3.8) is 0 Å². The van der Waals surface area contributed by atoms with Gasteiger partial charge in [-0.05, 0) is 88.3 Å². The van der Waals surface area contributed by atoms with Crippen molar-refractivity contribution in [2.75, 3.05) is 13.7 Å². The molecule has 1 unspecified atom stereocenters. The first-order chi connectivity index (χ1) is 14.1. The van der Waals surface area contributed by atoms with Crippen molar-refractivity contribution in [3.8, 4) is 0 Å². The average Bonchev–Trinajstić information content (AvgIpc) is 2.95. The van der Waals surface area contributed by atoms with Crippen molar-refractivity contribution in [1.82, 2.24) is 0 Å². The minimum atomic E-state index is -1.84. The Morgan fingerprint density at radius 3 is 2.19 bits per heavy atom. The van der Waals surface area contributed by atoms with Crippen LogP contribution in [0.4, 0.5) is 0 Å². The van der Waals surface area contributed by atoms with E-state index in [2.05, 4.69) is 67.4 Å². The van der Waals surface area contributed by atoms with Crippen LogP contribution in [0.2, 0.25) is 37.8 Å². The lowest BCUT2D eigenvalue weighted by molar-refractivity contribution is 0.0573. The van der Waals surface area contributed by atoms with E-state index in [4.69, 9.17) is 18.3 Å². The highest BCUT2D eigenvalue weighted by molar-refractivity contribution is 6.74. The van der Waals surface area contributed by atoms with E-state index < -0.39 is 16.6 Å². The molecule has 0 aromatic rings. The van der Waals surface area contributed by atoms with Crippen LogP contribution < -0.4 is 0 Å². The predicted octanol–water partition coefficient (Wildman–Crippen LogP) is 7.40. The fourth-order valence-corrected chi connectivity index (χ4v) is 6.18. The number of hydrogen-bond donors (Lipinski definition) is 0. The van der Waals surface area contributed by atoms with Gasteiger partial charge >= 0.3 is 0 Å². The van der Waals surface area contributed by atoms with Crippen LogP contribution >= 0.6 is 0 Å². The molecule has 2 aliphatic rings. The van der Waals surface area contributed by atoms with E-state index in [0.717, 1.165) is 38.0 Å². The first kappa shape index (κ1) is 26.7. The maximum Gasteiger partial charge on any atom is 0.267 e. The minimum absolute atomic E-state index is 0.0908. The van der Waals surface area contributed by atoms with E-state index in [1.54, 1.807) is 0 Å². The van der Waals surface area contributed by atoms with Crippen molar-refractivity contribution < 1.29 is 18.3 Å². The van der Waals surface area contributed by atoms with E-state index in [9.17, 15) is 0 Å². The zero-order chi connectivity index (χ0) is 23.6. The number of rotatable bonds is 8. The molecule has 0 spiro atoms. The Balaban J connectivity index is 2.23. The molecule has 1 saturated carbocycles. The van der Waals surface area contributed by atoms with Crippen LogP contribution in [0.3, 0.4) is 0 Å². The van der Waals surface area contributed by atoms with E-state index in [0.29, 0.717) is 12.5 Å². The molecular formula is C25H48O4Si2. The second-order valence-corrected chi connectivity index (χ2v) is 21.3. The van der Waals surface area contributed by atoms with E-state index in [1.165, 1.54) is 16.7 Å². The van der Waals surface area contributed by atoms with Gasteiger partial charge in [0.15, 0.2) is 8.32 Å². The second kappa shape index (κ2) is 10.1. The quantitative estimate of drug-likeness (QED) is 0.211. The zero-order valence-electron chi connectivity index (χ0n) is 22.1. The van der Waals surface area contributed by atoms with Crippen molar-refractivity contribution >= 4 is 16.6 Å². The fraction of sp³-hybridized carbons (Fsp3) is 0.840. The van der Waals surface area contributed by atoms with Gasteiger partial charge in [-0.25, -0.2) is 0 Å². The molecule has 0 heterocycles. The fourth-order valence-electron chi connectivity index (χ4n) is 4.11. The number of ether oxygens (including phenoxy) is 2. The molecule has 2 rings (SSSR count). The van der Waals surface area contributed by atoms with Crippen LogP contribution in [-0.4, -0.2) is 42.6 Å². The molecule has 3 atom stereocenters. The molecule has 0 saturated heterocycles. The van der Waals surface area contributed by atoms with Gasteiger partial charge in [0.05, 0.1) is 12.2 Å². The molecular weight excluding hydrogens is 420 g/mol. The zero-order valence-corrected chi connectivity index (χ0v) is 24.1. The third-order valence-electron chi connectivity index (χ3n) is 7.18. The van der Waals surface area contributed by atoms with Gasteiger partial charge < -0.3 is 18.3 Å². The molecule has 0 bridgehead atoms. The first-order valence-electron chi connectivity index (χ1n) is 12.1. The Morgan fingerprint density at radius 1 is 1.00 bits per heavy atom. The molecule has 180 valence electrons. The summed E-state index contributed by atoms with van der Waals surface area (Å²) in [4.78, 5) is 0. The molecule has 0 aromatic heterocycles. The lowest BCUT2D eigenvalue weighted by Crippen LogP contribution is -2.44. The maximum atomic E-state index is 6.81. The standard InChI is InChI=1S/C25H48O4Si2/c1-18-12-14-20(23(16-18)26-6)24(29-30(7,8)9)27-17-21-19(2)13-15-22(21)28-31(10,11)25(3,4)5/h18,22-23H,12-17H2,1-11H3/b24-20-/t18-,22?,23-/m0/s1. The van der Waals surface area contributed by atoms with Gasteiger partial charge in [-0.3, -0.25) is 0 Å². The third kappa shape index (κ3) is 7.21. The van der Waals surface area contributed by atoms with Gasteiger partial charge in [-0.1, -0.05) is 33.3 Å². The van der Waals surface area contributed by atoms with Crippen LogP contribution in [0, 0.1) is 5.92 Å². The molecule has 0 aromatic carbocycles. The highest BCUT2D eigenvalue weighted by Gasteiger charge is 2.41. The van der Waals surface area contributed by atoms with Crippen molar-refractivity contribution in [2.45, 2.75) is 117 Å². The van der Waals surface area contributed by atoms with E-state index >= 15 is 0 Å². The second-order valence-electron chi connectivity index (χ2n) is 12.1. The van der Waals surface area contributed by atoms with Crippen LogP contribution in [0.1, 0.15) is 66.7 Å². The Hall–Kier alpha value is -0.566. The topological polar surface area (TPSA) is 36.9 Å². The average molecular weight is 469 g/mol. The summed E-state index contributed by atoms with van der Waals surface area (Å²) in [7, 11) is -1.85. The Labute approximate surface area is 194 Å². The van der Waals surface area contributed by atoms with Crippen molar-refractivity contribution in [3.05, 3.63) is 22.7 Å². The highest BCUT2D eigenvalue weighted by Crippen LogP contribution is 2.41. The van der Waals surface area contributed by atoms with Gasteiger partial charge in [-0.2, -0.15) is 0 Å². The van der Waals surface area contributed by atoms with Crippen LogP contribution in [0.5, 0.6) is 0 Å². The molecule has 0 aliphatic heterocycles. The van der Waals surface area contributed by atoms with Gasteiger partial charge in [0.1, 0.15) is 6.61 Å². The Bertz CT molecular complexity index is 683. The molecule has 0 radical (unpaired) electrons. The summed E-state index contributed by atoms with van der Waals surface area (Å²) in [6, 6.07) is 0. The minimum Gasteiger partial charge on any atom is -0.520 e. The van der Waals surface area contributed by atoms with Crippen molar-refractivity contribution in [2.24, 2.45) is 5.92 Å². The Kier molecular flexibility index (Phi) is 8.73. The highest BCUT2D eigenvalue weighted by atomic mass is 28.4. The summed E-state index contributed by atoms with van der Waals surface area (Å²) in [6.07, 6.45) is 5.60.